The number of aromatic hydroxyl groups is 1. The van der Waals surface area contributed by atoms with Gasteiger partial charge in [0.2, 0.25) is 0 Å². The first kappa shape index (κ1) is 12.7. The quantitative estimate of drug-likeness (QED) is 0.895. The van der Waals surface area contributed by atoms with Gasteiger partial charge in [0.1, 0.15) is 17.6 Å². The van der Waals surface area contributed by atoms with Crippen molar-refractivity contribution in [2.75, 3.05) is 7.11 Å². The maximum Gasteiger partial charge on any atom is 0.123 e. The zero-order chi connectivity index (χ0) is 13.1. The topological polar surface area (TPSA) is 49.7 Å². The molecule has 4 heteroatoms. The van der Waals surface area contributed by atoms with Gasteiger partial charge in [-0.05, 0) is 29.8 Å². The summed E-state index contributed by atoms with van der Waals surface area (Å²) in [5.41, 5.74) is 0.948. The van der Waals surface area contributed by atoms with Crippen LogP contribution in [0.2, 0.25) is 5.02 Å². The van der Waals surface area contributed by atoms with Crippen LogP contribution in [0.5, 0.6) is 11.5 Å². The van der Waals surface area contributed by atoms with E-state index in [2.05, 4.69) is 0 Å². The predicted molar refractivity (Wildman–Crippen MR) is 70.2 cm³/mol. The lowest BCUT2D eigenvalue weighted by Crippen LogP contribution is -2.01. The van der Waals surface area contributed by atoms with E-state index in [0.29, 0.717) is 21.9 Å². The van der Waals surface area contributed by atoms with E-state index in [9.17, 15) is 10.2 Å². The van der Waals surface area contributed by atoms with Crippen LogP contribution in [-0.4, -0.2) is 17.3 Å². The molecule has 1 unspecified atom stereocenters. The van der Waals surface area contributed by atoms with Gasteiger partial charge in [0, 0.05) is 5.56 Å². The molecule has 0 aliphatic heterocycles. The highest BCUT2D eigenvalue weighted by molar-refractivity contribution is 6.31. The van der Waals surface area contributed by atoms with Crippen LogP contribution < -0.4 is 4.74 Å². The Labute approximate surface area is 110 Å². The van der Waals surface area contributed by atoms with E-state index in [1.807, 2.05) is 0 Å². The Hall–Kier alpha value is -1.71. The summed E-state index contributed by atoms with van der Waals surface area (Å²) in [6.07, 6.45) is -0.968. The first-order valence-electron chi connectivity index (χ1n) is 5.43. The number of halogens is 1. The summed E-state index contributed by atoms with van der Waals surface area (Å²) in [6.45, 7) is 0. The molecule has 0 amide bonds. The molecule has 2 aromatic rings. The molecule has 0 heterocycles. The Kier molecular flexibility index (Phi) is 3.75. The van der Waals surface area contributed by atoms with Crippen LogP contribution in [0, 0.1) is 0 Å². The van der Waals surface area contributed by atoms with Crippen molar-refractivity contribution < 1.29 is 14.9 Å². The highest BCUT2D eigenvalue weighted by Crippen LogP contribution is 2.35. The fourth-order valence-electron chi connectivity index (χ4n) is 1.75. The molecule has 0 aromatic heterocycles. The van der Waals surface area contributed by atoms with Crippen molar-refractivity contribution in [3.05, 3.63) is 58.6 Å². The Morgan fingerprint density at radius 2 is 1.78 bits per heavy atom. The molecule has 1 atom stereocenters. The molecule has 18 heavy (non-hydrogen) atoms. The Balaban J connectivity index is 2.38. The minimum atomic E-state index is -0.968. The molecule has 0 fully saturated rings. The van der Waals surface area contributed by atoms with Crippen molar-refractivity contribution in [3.8, 4) is 11.5 Å². The van der Waals surface area contributed by atoms with Crippen LogP contribution in [0.25, 0.3) is 0 Å². The molecule has 2 rings (SSSR count). The lowest BCUT2D eigenvalue weighted by Gasteiger charge is -2.15. The second-order valence-corrected chi connectivity index (χ2v) is 4.26. The first-order chi connectivity index (χ1) is 8.63. The fourth-order valence-corrected chi connectivity index (χ4v) is 2.02. The smallest absolute Gasteiger partial charge is 0.123 e. The molecule has 94 valence electrons. The van der Waals surface area contributed by atoms with Gasteiger partial charge in [-0.25, -0.2) is 0 Å². The van der Waals surface area contributed by atoms with E-state index < -0.39 is 6.10 Å². The van der Waals surface area contributed by atoms with E-state index in [0.717, 1.165) is 0 Å². The maximum absolute atomic E-state index is 10.2. The largest absolute Gasteiger partial charge is 0.508 e. The number of ether oxygens (including phenoxy) is 1. The SMILES string of the molecule is COc1ccc(C(O)c2c(O)cccc2Cl)cc1. The van der Waals surface area contributed by atoms with Crippen LogP contribution >= 0.6 is 11.6 Å². The molecule has 0 aliphatic rings. The summed E-state index contributed by atoms with van der Waals surface area (Å²) >= 11 is 5.99. The van der Waals surface area contributed by atoms with Crippen LogP contribution in [0.1, 0.15) is 17.2 Å². The second-order valence-electron chi connectivity index (χ2n) is 3.85. The lowest BCUT2D eigenvalue weighted by molar-refractivity contribution is 0.215. The molecule has 0 saturated carbocycles. The molecule has 2 N–H and O–H groups in total. The van der Waals surface area contributed by atoms with Crippen molar-refractivity contribution in [2.24, 2.45) is 0 Å². The Morgan fingerprint density at radius 1 is 1.11 bits per heavy atom. The Bertz CT molecular complexity index is 517. The third-order valence-corrected chi connectivity index (χ3v) is 3.06. The van der Waals surface area contributed by atoms with E-state index >= 15 is 0 Å². The van der Waals surface area contributed by atoms with Gasteiger partial charge in [-0.1, -0.05) is 29.8 Å². The fraction of sp³-hybridized carbons (Fsp3) is 0.143. The van der Waals surface area contributed by atoms with Crippen LogP contribution in [-0.2, 0) is 0 Å². The molecular formula is C14H13ClO3. The zero-order valence-electron chi connectivity index (χ0n) is 9.80. The highest BCUT2D eigenvalue weighted by Gasteiger charge is 2.17. The summed E-state index contributed by atoms with van der Waals surface area (Å²) in [7, 11) is 1.57. The molecule has 0 spiro atoms. The van der Waals surface area contributed by atoms with Crippen LogP contribution in [0.4, 0.5) is 0 Å². The number of rotatable bonds is 3. The van der Waals surface area contributed by atoms with Gasteiger partial charge in [-0.15, -0.1) is 0 Å². The highest BCUT2D eigenvalue weighted by atomic mass is 35.5. The van der Waals surface area contributed by atoms with Crippen LogP contribution in [0.3, 0.4) is 0 Å². The number of methoxy groups -OCH3 is 1. The number of phenols is 1. The van der Waals surface area contributed by atoms with E-state index in [4.69, 9.17) is 16.3 Å². The molecule has 0 radical (unpaired) electrons. The average Bonchev–Trinajstić information content (AvgIpc) is 2.38. The summed E-state index contributed by atoms with van der Waals surface area (Å²) in [5.74, 6) is 0.681. The van der Waals surface area contributed by atoms with Gasteiger partial charge >= 0.3 is 0 Å². The summed E-state index contributed by atoms with van der Waals surface area (Å²) in [4.78, 5) is 0. The standard InChI is InChI=1S/C14H13ClO3/c1-18-10-7-5-9(6-8-10)14(17)13-11(15)3-2-4-12(13)16/h2-8,14,16-17H,1H3. The zero-order valence-corrected chi connectivity index (χ0v) is 10.6. The number of hydrogen-bond donors (Lipinski definition) is 2. The molecule has 0 saturated heterocycles. The average molecular weight is 265 g/mol. The summed E-state index contributed by atoms with van der Waals surface area (Å²) in [5, 5.41) is 20.3. The third kappa shape index (κ3) is 2.42. The summed E-state index contributed by atoms with van der Waals surface area (Å²) in [6, 6.07) is 11.7. The maximum atomic E-state index is 10.2. The van der Waals surface area contributed by atoms with Gasteiger partial charge in [-0.3, -0.25) is 0 Å². The van der Waals surface area contributed by atoms with Gasteiger partial charge < -0.3 is 14.9 Å². The molecule has 0 aliphatic carbocycles. The minimum Gasteiger partial charge on any atom is -0.508 e. The number of phenolic OH excluding ortho intramolecular Hbond substituents is 1. The number of benzene rings is 2. The van der Waals surface area contributed by atoms with E-state index in [1.54, 1.807) is 43.5 Å². The minimum absolute atomic E-state index is 0.0224. The van der Waals surface area contributed by atoms with E-state index in [-0.39, 0.29) is 5.75 Å². The lowest BCUT2D eigenvalue weighted by atomic mass is 10.0. The van der Waals surface area contributed by atoms with Crippen LogP contribution in [0.15, 0.2) is 42.5 Å². The van der Waals surface area contributed by atoms with Crippen molar-refractivity contribution in [1.29, 1.82) is 0 Å². The molecule has 0 bridgehead atoms. The number of aliphatic hydroxyl groups is 1. The van der Waals surface area contributed by atoms with Gasteiger partial charge in [0.05, 0.1) is 12.1 Å². The monoisotopic (exact) mass is 264 g/mol. The normalized spacial score (nSPS) is 12.2. The summed E-state index contributed by atoms with van der Waals surface area (Å²) < 4.78 is 5.04. The van der Waals surface area contributed by atoms with Crippen molar-refractivity contribution in [1.82, 2.24) is 0 Å². The van der Waals surface area contributed by atoms with E-state index in [1.165, 1.54) is 6.07 Å². The van der Waals surface area contributed by atoms with Crippen molar-refractivity contribution >= 4 is 11.6 Å². The number of aliphatic hydroxyl groups excluding tert-OH is 1. The predicted octanol–water partition coefficient (Wildman–Crippen LogP) is 3.14. The van der Waals surface area contributed by atoms with Gasteiger partial charge in [-0.2, -0.15) is 0 Å². The van der Waals surface area contributed by atoms with Gasteiger partial charge in [0.25, 0.3) is 0 Å². The second kappa shape index (κ2) is 5.29. The molecule has 2 aromatic carbocycles. The molecular weight excluding hydrogens is 252 g/mol. The van der Waals surface area contributed by atoms with Crippen molar-refractivity contribution in [3.63, 3.8) is 0 Å². The number of hydrogen-bond acceptors (Lipinski definition) is 3. The van der Waals surface area contributed by atoms with Crippen molar-refractivity contribution in [2.45, 2.75) is 6.10 Å². The third-order valence-electron chi connectivity index (χ3n) is 2.73. The first-order valence-corrected chi connectivity index (χ1v) is 5.80. The molecule has 3 nitrogen and oxygen atoms in total. The van der Waals surface area contributed by atoms with Gasteiger partial charge in [0.15, 0.2) is 0 Å². The Morgan fingerprint density at radius 3 is 2.33 bits per heavy atom.